The van der Waals surface area contributed by atoms with Crippen molar-refractivity contribution in [1.82, 2.24) is 4.90 Å². The van der Waals surface area contributed by atoms with Crippen molar-refractivity contribution in [1.29, 1.82) is 0 Å². The first-order chi connectivity index (χ1) is 10.6. The number of hydrogen-bond donors (Lipinski definition) is 0. The molecule has 1 amide bonds. The maximum absolute atomic E-state index is 11.9. The molecule has 1 atom stereocenters. The number of carbonyl (C=O) groups is 2. The van der Waals surface area contributed by atoms with E-state index >= 15 is 0 Å². The van der Waals surface area contributed by atoms with E-state index in [1.807, 2.05) is 38.1 Å². The fourth-order valence-electron chi connectivity index (χ4n) is 2.29. The van der Waals surface area contributed by atoms with Gasteiger partial charge in [-0.1, -0.05) is 26.0 Å². The van der Waals surface area contributed by atoms with Crippen LogP contribution in [0.2, 0.25) is 0 Å². The topological polar surface area (TPSA) is 55.8 Å². The van der Waals surface area contributed by atoms with Crippen LogP contribution in [-0.2, 0) is 20.9 Å². The summed E-state index contributed by atoms with van der Waals surface area (Å²) in [4.78, 5) is 25.3. The minimum absolute atomic E-state index is 0.00105. The van der Waals surface area contributed by atoms with Crippen molar-refractivity contribution in [3.8, 4) is 5.75 Å². The normalized spacial score (nSPS) is 16.8. The predicted octanol–water partition coefficient (Wildman–Crippen LogP) is 2.63. The fourth-order valence-corrected chi connectivity index (χ4v) is 2.29. The van der Waals surface area contributed by atoms with Gasteiger partial charge in [-0.25, -0.2) is 0 Å². The van der Waals surface area contributed by atoms with Gasteiger partial charge >= 0.3 is 5.97 Å². The molecule has 0 saturated carbocycles. The van der Waals surface area contributed by atoms with Gasteiger partial charge in [0.15, 0.2) is 0 Å². The summed E-state index contributed by atoms with van der Waals surface area (Å²) in [5, 5.41) is 0. The Bertz CT molecular complexity index is 484. The maximum Gasteiger partial charge on any atom is 0.311 e. The average Bonchev–Trinajstić information content (AvgIpc) is 2.91. The summed E-state index contributed by atoms with van der Waals surface area (Å²) in [6, 6.07) is 7.56. The molecule has 0 N–H and O–H groups in total. The molecule has 0 radical (unpaired) electrons. The third-order valence-electron chi connectivity index (χ3n) is 3.37. The van der Waals surface area contributed by atoms with E-state index in [-0.39, 0.29) is 24.2 Å². The fraction of sp³-hybridized carbons (Fsp3) is 0.529. The summed E-state index contributed by atoms with van der Waals surface area (Å²) in [7, 11) is 1.61. The van der Waals surface area contributed by atoms with E-state index in [1.165, 1.54) is 0 Å². The van der Waals surface area contributed by atoms with E-state index in [9.17, 15) is 9.59 Å². The Kier molecular flexibility index (Phi) is 7.43. The minimum Gasteiger partial charge on any atom is -0.497 e. The van der Waals surface area contributed by atoms with Crippen LogP contribution in [0.5, 0.6) is 5.75 Å². The number of hydrogen-bond acceptors (Lipinski definition) is 4. The first-order valence-electron chi connectivity index (χ1n) is 7.71. The highest BCUT2D eigenvalue weighted by Crippen LogP contribution is 2.22. The molecule has 0 aromatic heterocycles. The van der Waals surface area contributed by atoms with Crippen LogP contribution >= 0.6 is 0 Å². The number of likely N-dealkylation sites (tertiary alicyclic amines) is 1. The van der Waals surface area contributed by atoms with Crippen molar-refractivity contribution in [2.45, 2.75) is 33.7 Å². The van der Waals surface area contributed by atoms with Crippen LogP contribution in [0.25, 0.3) is 0 Å². The van der Waals surface area contributed by atoms with Crippen LogP contribution in [0.3, 0.4) is 0 Å². The van der Waals surface area contributed by atoms with Crippen molar-refractivity contribution in [2.24, 2.45) is 5.92 Å². The van der Waals surface area contributed by atoms with Gasteiger partial charge in [-0.15, -0.1) is 0 Å². The van der Waals surface area contributed by atoms with Crippen molar-refractivity contribution in [3.63, 3.8) is 0 Å². The number of ether oxygens (including phenoxy) is 2. The van der Waals surface area contributed by atoms with Crippen LogP contribution in [0.4, 0.5) is 0 Å². The largest absolute Gasteiger partial charge is 0.497 e. The lowest BCUT2D eigenvalue weighted by Gasteiger charge is -2.16. The standard InChI is InChI=1S/C15H19NO4.C2H6/c1-3-20-15(18)12-8-14(17)16(10-12)9-11-4-6-13(19-2)7-5-11;1-2/h4-7,12H,3,8-10H2,1-2H3;1-2H3. The zero-order chi connectivity index (χ0) is 16.5. The summed E-state index contributed by atoms with van der Waals surface area (Å²) in [5.74, 6) is 0.170. The van der Waals surface area contributed by atoms with Crippen LogP contribution < -0.4 is 4.74 Å². The van der Waals surface area contributed by atoms with Gasteiger partial charge in [0.2, 0.25) is 5.91 Å². The monoisotopic (exact) mass is 307 g/mol. The third kappa shape index (κ3) is 4.76. The Labute approximate surface area is 132 Å². The highest BCUT2D eigenvalue weighted by molar-refractivity contribution is 5.86. The quantitative estimate of drug-likeness (QED) is 0.785. The number of benzene rings is 1. The Morgan fingerprint density at radius 2 is 1.91 bits per heavy atom. The van der Waals surface area contributed by atoms with Crippen molar-refractivity contribution in [3.05, 3.63) is 29.8 Å². The summed E-state index contributed by atoms with van der Waals surface area (Å²) in [6.07, 6.45) is 0.245. The van der Waals surface area contributed by atoms with Gasteiger partial charge < -0.3 is 14.4 Å². The van der Waals surface area contributed by atoms with E-state index < -0.39 is 0 Å². The van der Waals surface area contributed by atoms with Gasteiger partial charge in [0.05, 0.1) is 19.6 Å². The molecule has 1 aromatic rings. The number of carbonyl (C=O) groups excluding carboxylic acids is 2. The van der Waals surface area contributed by atoms with Gasteiger partial charge in [-0.2, -0.15) is 0 Å². The lowest BCUT2D eigenvalue weighted by Crippen LogP contribution is -2.26. The lowest BCUT2D eigenvalue weighted by molar-refractivity contribution is -0.147. The Balaban J connectivity index is 0.00000116. The van der Waals surface area contributed by atoms with Gasteiger partial charge in [-0.05, 0) is 24.6 Å². The average molecular weight is 307 g/mol. The molecular formula is C17H25NO4. The summed E-state index contributed by atoms with van der Waals surface area (Å²) in [5.41, 5.74) is 1.02. The molecule has 5 nitrogen and oxygen atoms in total. The first-order valence-corrected chi connectivity index (χ1v) is 7.71. The molecule has 1 heterocycles. The second-order valence-corrected chi connectivity index (χ2v) is 4.78. The molecule has 1 unspecified atom stereocenters. The Morgan fingerprint density at radius 1 is 1.27 bits per heavy atom. The molecule has 0 aliphatic carbocycles. The SMILES string of the molecule is CC.CCOC(=O)C1CC(=O)N(Cc2ccc(OC)cc2)C1. The van der Waals surface area contributed by atoms with Gasteiger partial charge in [0, 0.05) is 19.5 Å². The molecule has 22 heavy (non-hydrogen) atoms. The molecule has 5 heteroatoms. The van der Waals surface area contributed by atoms with Crippen molar-refractivity contribution in [2.75, 3.05) is 20.3 Å². The van der Waals surface area contributed by atoms with Crippen molar-refractivity contribution >= 4 is 11.9 Å². The van der Waals surface area contributed by atoms with E-state index in [2.05, 4.69) is 0 Å². The zero-order valence-electron chi connectivity index (χ0n) is 13.8. The molecule has 1 saturated heterocycles. The number of nitrogens with zero attached hydrogens (tertiary/aromatic N) is 1. The van der Waals surface area contributed by atoms with Crippen LogP contribution in [0, 0.1) is 5.92 Å². The van der Waals surface area contributed by atoms with E-state index in [1.54, 1.807) is 18.9 Å². The van der Waals surface area contributed by atoms with Gasteiger partial charge in [0.25, 0.3) is 0 Å². The van der Waals surface area contributed by atoms with Crippen LogP contribution in [0.15, 0.2) is 24.3 Å². The molecule has 1 aromatic carbocycles. The van der Waals surface area contributed by atoms with Crippen LogP contribution in [-0.4, -0.2) is 37.0 Å². The maximum atomic E-state index is 11.9. The van der Waals surface area contributed by atoms with E-state index in [0.717, 1.165) is 11.3 Å². The minimum atomic E-state index is -0.333. The summed E-state index contributed by atoms with van der Waals surface area (Å²) in [6.45, 7) is 7.06. The highest BCUT2D eigenvalue weighted by atomic mass is 16.5. The van der Waals surface area contributed by atoms with Gasteiger partial charge in [-0.3, -0.25) is 9.59 Å². The molecule has 1 aliphatic rings. The highest BCUT2D eigenvalue weighted by Gasteiger charge is 2.35. The second kappa shape index (κ2) is 9.07. The molecule has 0 spiro atoms. The number of amides is 1. The second-order valence-electron chi connectivity index (χ2n) is 4.78. The first kappa shape index (κ1) is 18.0. The van der Waals surface area contributed by atoms with E-state index in [0.29, 0.717) is 19.7 Å². The molecule has 1 fully saturated rings. The number of methoxy groups -OCH3 is 1. The predicted molar refractivity (Wildman–Crippen MR) is 84.5 cm³/mol. The molecular weight excluding hydrogens is 282 g/mol. The lowest BCUT2D eigenvalue weighted by atomic mass is 10.1. The molecule has 122 valence electrons. The van der Waals surface area contributed by atoms with E-state index in [4.69, 9.17) is 9.47 Å². The summed E-state index contributed by atoms with van der Waals surface area (Å²) >= 11 is 0. The molecule has 2 rings (SSSR count). The molecule has 0 bridgehead atoms. The van der Waals surface area contributed by atoms with Crippen LogP contribution in [0.1, 0.15) is 32.8 Å². The smallest absolute Gasteiger partial charge is 0.311 e. The Hall–Kier alpha value is -2.04. The summed E-state index contributed by atoms with van der Waals surface area (Å²) < 4.78 is 10.1. The Morgan fingerprint density at radius 3 is 2.45 bits per heavy atom. The van der Waals surface area contributed by atoms with Gasteiger partial charge in [0.1, 0.15) is 5.75 Å². The third-order valence-corrected chi connectivity index (χ3v) is 3.37. The molecule has 1 aliphatic heterocycles. The van der Waals surface area contributed by atoms with Crippen molar-refractivity contribution < 1.29 is 19.1 Å². The number of esters is 1. The number of rotatable bonds is 5. The zero-order valence-corrected chi connectivity index (χ0v) is 13.8.